The normalized spacial score (nSPS) is 16.8. The quantitative estimate of drug-likeness (QED) is 0.861. The van der Waals surface area contributed by atoms with Gasteiger partial charge in [-0.15, -0.1) is 0 Å². The first-order valence-electron chi connectivity index (χ1n) is 6.92. The molecule has 1 aliphatic carbocycles. The Kier molecular flexibility index (Phi) is 3.24. The topological polar surface area (TPSA) is 82.6 Å². The van der Waals surface area contributed by atoms with Crippen LogP contribution >= 0.6 is 0 Å². The maximum absolute atomic E-state index is 6.12. The predicted molar refractivity (Wildman–Crippen MR) is 85.0 cm³/mol. The van der Waals surface area contributed by atoms with E-state index in [4.69, 9.17) is 15.3 Å². The molecule has 0 atom stereocenters. The van der Waals surface area contributed by atoms with Crippen molar-refractivity contribution in [1.82, 2.24) is 9.97 Å². The van der Waals surface area contributed by atoms with Crippen LogP contribution in [-0.4, -0.2) is 29.9 Å². The Bertz CT molecular complexity index is 769. The molecule has 1 aromatic carbocycles. The highest BCUT2D eigenvalue weighted by molar-refractivity contribution is 6.15. The molecule has 0 unspecified atom stereocenters. The fourth-order valence-corrected chi connectivity index (χ4v) is 2.98. The molecule has 1 heterocycles. The Morgan fingerprint density at radius 3 is 2.59 bits per heavy atom. The van der Waals surface area contributed by atoms with E-state index < -0.39 is 5.41 Å². The number of aromatic nitrogens is 2. The molecule has 6 nitrogen and oxygen atoms in total. The van der Waals surface area contributed by atoms with Crippen molar-refractivity contribution in [2.45, 2.75) is 19.3 Å². The zero-order valence-corrected chi connectivity index (χ0v) is 13.0. The van der Waals surface area contributed by atoms with E-state index in [9.17, 15) is 0 Å². The molecule has 0 amide bonds. The summed E-state index contributed by atoms with van der Waals surface area (Å²) in [6.07, 6.45) is 1.48. The number of benzene rings is 1. The fraction of sp³-hybridized carbons (Fsp3) is 0.312. The third-order valence-corrected chi connectivity index (χ3v) is 4.01. The summed E-state index contributed by atoms with van der Waals surface area (Å²) in [6.45, 7) is 4.07. The molecule has 0 saturated carbocycles. The van der Waals surface area contributed by atoms with Gasteiger partial charge in [0.05, 0.1) is 18.5 Å². The summed E-state index contributed by atoms with van der Waals surface area (Å²) >= 11 is 0. The van der Waals surface area contributed by atoms with Crippen molar-refractivity contribution < 1.29 is 9.57 Å². The molecule has 1 aliphatic rings. The molecule has 6 heteroatoms. The van der Waals surface area contributed by atoms with Crippen LogP contribution in [0, 0.1) is 0 Å². The summed E-state index contributed by atoms with van der Waals surface area (Å²) < 4.78 is 5.33. The van der Waals surface area contributed by atoms with E-state index >= 15 is 0 Å². The van der Waals surface area contributed by atoms with Crippen LogP contribution < -0.4 is 10.5 Å². The van der Waals surface area contributed by atoms with Crippen LogP contribution in [0.2, 0.25) is 0 Å². The van der Waals surface area contributed by atoms with Crippen molar-refractivity contribution in [3.05, 3.63) is 35.7 Å². The van der Waals surface area contributed by atoms with Crippen molar-refractivity contribution in [1.29, 1.82) is 0 Å². The largest absolute Gasteiger partial charge is 0.497 e. The van der Waals surface area contributed by atoms with E-state index in [2.05, 4.69) is 15.1 Å². The molecule has 114 valence electrons. The number of ether oxygens (including phenoxy) is 1. The molecule has 2 aromatic rings. The van der Waals surface area contributed by atoms with Gasteiger partial charge >= 0.3 is 0 Å². The first-order chi connectivity index (χ1) is 10.5. The van der Waals surface area contributed by atoms with Crippen LogP contribution in [0.3, 0.4) is 0 Å². The lowest BCUT2D eigenvalue weighted by atomic mass is 9.70. The van der Waals surface area contributed by atoms with E-state index in [-0.39, 0.29) is 0 Å². The second kappa shape index (κ2) is 4.98. The Labute approximate surface area is 129 Å². The average molecular weight is 298 g/mol. The van der Waals surface area contributed by atoms with Crippen LogP contribution in [0.5, 0.6) is 5.75 Å². The van der Waals surface area contributed by atoms with Crippen molar-refractivity contribution >= 4 is 11.5 Å². The third kappa shape index (κ3) is 1.91. The number of anilines is 1. The van der Waals surface area contributed by atoms with Crippen LogP contribution in [0.4, 0.5) is 5.82 Å². The number of nitrogens with two attached hydrogens (primary N) is 1. The van der Waals surface area contributed by atoms with Crippen molar-refractivity contribution in [3.8, 4) is 17.0 Å². The molecule has 0 spiro atoms. The number of nitrogen functional groups attached to an aromatic ring is 1. The summed E-state index contributed by atoms with van der Waals surface area (Å²) in [5.41, 5.74) is 9.98. The lowest BCUT2D eigenvalue weighted by molar-refractivity contribution is 0.211. The molecule has 0 saturated heterocycles. The maximum atomic E-state index is 6.12. The molecule has 0 bridgehead atoms. The Morgan fingerprint density at radius 2 is 1.91 bits per heavy atom. The molecule has 0 radical (unpaired) electrons. The molecule has 3 rings (SSSR count). The highest BCUT2D eigenvalue weighted by atomic mass is 16.6. The Hall–Kier alpha value is -2.63. The van der Waals surface area contributed by atoms with E-state index in [1.807, 2.05) is 32.0 Å². The van der Waals surface area contributed by atoms with Gasteiger partial charge in [-0.05, 0) is 32.0 Å². The van der Waals surface area contributed by atoms with Crippen molar-refractivity contribution in [2.75, 3.05) is 20.0 Å². The minimum Gasteiger partial charge on any atom is -0.497 e. The molecule has 1 aromatic heterocycles. The van der Waals surface area contributed by atoms with E-state index in [1.165, 1.54) is 13.4 Å². The zero-order chi connectivity index (χ0) is 15.9. The van der Waals surface area contributed by atoms with Gasteiger partial charge in [0, 0.05) is 22.1 Å². The standard InChI is InChI=1S/C16H18N4O2/c1-16(2)12-13(18-8-19-15(12)17)10-6-5-9(21-3)7-11(10)14(16)20-22-4/h5-8H,1-4H3,(H2,17,18,19)/b20-14+. The summed E-state index contributed by atoms with van der Waals surface area (Å²) in [6, 6.07) is 5.79. The molecular formula is C16H18N4O2. The van der Waals surface area contributed by atoms with Gasteiger partial charge in [0.1, 0.15) is 25.0 Å². The minimum absolute atomic E-state index is 0.459. The molecule has 0 fully saturated rings. The van der Waals surface area contributed by atoms with Gasteiger partial charge in [-0.25, -0.2) is 9.97 Å². The summed E-state index contributed by atoms with van der Waals surface area (Å²) in [5.74, 6) is 1.21. The van der Waals surface area contributed by atoms with E-state index in [0.717, 1.165) is 33.8 Å². The minimum atomic E-state index is -0.476. The van der Waals surface area contributed by atoms with Crippen molar-refractivity contribution in [2.24, 2.45) is 5.16 Å². The first kappa shape index (κ1) is 14.3. The molecule has 22 heavy (non-hydrogen) atoms. The maximum Gasteiger partial charge on any atom is 0.131 e. The van der Waals surface area contributed by atoms with Gasteiger partial charge in [-0.3, -0.25) is 0 Å². The predicted octanol–water partition coefficient (Wildman–Crippen LogP) is 2.38. The van der Waals surface area contributed by atoms with Gasteiger partial charge in [-0.2, -0.15) is 0 Å². The highest BCUT2D eigenvalue weighted by Gasteiger charge is 2.40. The Morgan fingerprint density at radius 1 is 1.14 bits per heavy atom. The van der Waals surface area contributed by atoms with Gasteiger partial charge in [0.15, 0.2) is 0 Å². The van der Waals surface area contributed by atoms with Gasteiger partial charge in [0.2, 0.25) is 0 Å². The second-order valence-electron chi connectivity index (χ2n) is 5.64. The number of hydrogen-bond acceptors (Lipinski definition) is 6. The average Bonchev–Trinajstić information content (AvgIpc) is 2.50. The van der Waals surface area contributed by atoms with Crippen LogP contribution in [-0.2, 0) is 10.3 Å². The van der Waals surface area contributed by atoms with E-state index in [0.29, 0.717) is 5.82 Å². The molecule has 2 N–H and O–H groups in total. The monoisotopic (exact) mass is 298 g/mol. The van der Waals surface area contributed by atoms with Gasteiger partial charge < -0.3 is 15.3 Å². The van der Waals surface area contributed by atoms with E-state index in [1.54, 1.807) is 7.11 Å². The number of nitrogens with zero attached hydrogens (tertiary/aromatic N) is 3. The lowest BCUT2D eigenvalue weighted by Crippen LogP contribution is -2.36. The number of hydrogen-bond donors (Lipinski definition) is 1. The van der Waals surface area contributed by atoms with Gasteiger partial charge in [-0.1, -0.05) is 5.16 Å². The number of rotatable bonds is 2. The number of oxime groups is 1. The van der Waals surface area contributed by atoms with Crippen LogP contribution in [0.1, 0.15) is 25.0 Å². The van der Waals surface area contributed by atoms with Crippen LogP contribution in [0.25, 0.3) is 11.3 Å². The van der Waals surface area contributed by atoms with Crippen molar-refractivity contribution in [3.63, 3.8) is 0 Å². The summed E-state index contributed by atoms with van der Waals surface area (Å²) in [4.78, 5) is 13.6. The summed E-state index contributed by atoms with van der Waals surface area (Å²) in [5, 5.41) is 4.24. The molecular weight excluding hydrogens is 280 g/mol. The second-order valence-corrected chi connectivity index (χ2v) is 5.64. The first-order valence-corrected chi connectivity index (χ1v) is 6.92. The number of fused-ring (bicyclic) bond motifs is 3. The highest BCUT2D eigenvalue weighted by Crippen LogP contribution is 2.45. The smallest absolute Gasteiger partial charge is 0.131 e. The molecule has 0 aliphatic heterocycles. The lowest BCUT2D eigenvalue weighted by Gasteiger charge is -2.34. The van der Waals surface area contributed by atoms with Crippen LogP contribution in [0.15, 0.2) is 29.7 Å². The third-order valence-electron chi connectivity index (χ3n) is 4.01. The Balaban J connectivity index is 2.40. The number of methoxy groups -OCH3 is 1. The summed E-state index contributed by atoms with van der Waals surface area (Å²) in [7, 11) is 3.17. The zero-order valence-electron chi connectivity index (χ0n) is 13.0. The fourth-order valence-electron chi connectivity index (χ4n) is 2.98. The SMILES string of the molecule is CO/N=C1\c2cc(OC)ccc2-c2ncnc(N)c2C1(C)C. The van der Waals surface area contributed by atoms with Gasteiger partial charge in [0.25, 0.3) is 0 Å².